The first-order valence-corrected chi connectivity index (χ1v) is 12.6. The van der Waals surface area contributed by atoms with E-state index in [9.17, 15) is 8.42 Å². The molecule has 0 atom stereocenters. The zero-order chi connectivity index (χ0) is 25.5. The number of aryl methyl sites for hydroxylation is 2. The molecule has 4 rings (SSSR count). The Balaban J connectivity index is 1.72. The van der Waals surface area contributed by atoms with E-state index in [1.165, 1.54) is 20.4 Å². The van der Waals surface area contributed by atoms with Crippen molar-refractivity contribution in [2.45, 2.75) is 13.3 Å². The van der Waals surface area contributed by atoms with Crippen LogP contribution < -0.4 is 18.9 Å². The van der Waals surface area contributed by atoms with Gasteiger partial charge >= 0.3 is 0 Å². The van der Waals surface area contributed by atoms with Crippen LogP contribution in [0, 0.1) is 6.92 Å². The van der Waals surface area contributed by atoms with E-state index in [4.69, 9.17) is 14.2 Å². The number of nitrogens with one attached hydrogen (secondary N) is 1. The molecular formula is C25H25N5O5S. The Hall–Kier alpha value is -4.25. The van der Waals surface area contributed by atoms with Crippen LogP contribution in [0.2, 0.25) is 0 Å². The number of benzene rings is 2. The van der Waals surface area contributed by atoms with E-state index in [1.807, 2.05) is 31.2 Å². The summed E-state index contributed by atoms with van der Waals surface area (Å²) in [7, 11) is -0.942. The molecule has 2 aromatic heterocycles. The lowest BCUT2D eigenvalue weighted by Crippen LogP contribution is -2.20. The Kier molecular flexibility index (Phi) is 7.59. The minimum atomic E-state index is -3.84. The molecule has 4 aromatic rings. The van der Waals surface area contributed by atoms with Crippen molar-refractivity contribution in [2.75, 3.05) is 24.7 Å². The van der Waals surface area contributed by atoms with Crippen LogP contribution >= 0.6 is 0 Å². The summed E-state index contributed by atoms with van der Waals surface area (Å²) < 4.78 is 45.6. The smallest absolute Gasteiger partial charge is 0.263 e. The average molecular weight is 508 g/mol. The fourth-order valence-electron chi connectivity index (χ4n) is 3.28. The third kappa shape index (κ3) is 6.05. The molecule has 1 N–H and O–H groups in total. The normalized spacial score (nSPS) is 11.1. The summed E-state index contributed by atoms with van der Waals surface area (Å²) in [6.45, 7) is 1.97. The zero-order valence-electron chi connectivity index (χ0n) is 20.0. The van der Waals surface area contributed by atoms with Crippen LogP contribution in [0.25, 0.3) is 11.5 Å². The van der Waals surface area contributed by atoms with Crippen molar-refractivity contribution < 1.29 is 22.6 Å². The molecule has 36 heavy (non-hydrogen) atoms. The molecule has 0 amide bonds. The van der Waals surface area contributed by atoms with Crippen molar-refractivity contribution in [1.82, 2.24) is 20.2 Å². The highest BCUT2D eigenvalue weighted by Gasteiger charge is 2.24. The predicted octanol–water partition coefficient (Wildman–Crippen LogP) is 4.04. The summed E-state index contributed by atoms with van der Waals surface area (Å²) in [5.41, 5.74) is 2.33. The van der Waals surface area contributed by atoms with Gasteiger partial charge in [-0.25, -0.2) is 13.4 Å². The molecule has 0 aliphatic heterocycles. The Morgan fingerprint density at radius 1 is 0.889 bits per heavy atom. The molecule has 2 heterocycles. The fraction of sp³-hybridized carbons (Fsp3) is 0.200. The quantitative estimate of drug-likeness (QED) is 0.338. The van der Waals surface area contributed by atoms with Crippen molar-refractivity contribution in [3.63, 3.8) is 0 Å². The number of para-hydroxylation sites is 2. The van der Waals surface area contributed by atoms with Gasteiger partial charge in [0.05, 0.1) is 20.0 Å². The number of anilines is 1. The Bertz CT molecular complexity index is 1430. The van der Waals surface area contributed by atoms with E-state index in [-0.39, 0.29) is 29.0 Å². The average Bonchev–Trinajstić information content (AvgIpc) is 2.90. The first kappa shape index (κ1) is 24.9. The van der Waals surface area contributed by atoms with Gasteiger partial charge in [0.25, 0.3) is 5.88 Å². The van der Waals surface area contributed by atoms with Gasteiger partial charge in [-0.05, 0) is 43.2 Å². The number of aromatic nitrogens is 4. The lowest BCUT2D eigenvalue weighted by Gasteiger charge is -2.17. The number of sulfonamides is 1. The van der Waals surface area contributed by atoms with E-state index in [2.05, 4.69) is 24.9 Å². The molecule has 0 spiro atoms. The van der Waals surface area contributed by atoms with Gasteiger partial charge in [0.1, 0.15) is 5.69 Å². The van der Waals surface area contributed by atoms with E-state index in [1.54, 1.807) is 36.4 Å². The lowest BCUT2D eigenvalue weighted by atomic mass is 10.1. The first-order valence-electron chi connectivity index (χ1n) is 11.0. The summed E-state index contributed by atoms with van der Waals surface area (Å²) in [6, 6.07) is 17.9. The van der Waals surface area contributed by atoms with Crippen molar-refractivity contribution in [3.8, 4) is 34.6 Å². The molecule has 0 bridgehead atoms. The summed E-state index contributed by atoms with van der Waals surface area (Å²) in [5.74, 6) is 0.596. The monoisotopic (exact) mass is 507 g/mol. The third-order valence-corrected chi connectivity index (χ3v) is 6.39. The van der Waals surface area contributed by atoms with Crippen molar-refractivity contribution >= 4 is 15.8 Å². The number of rotatable bonds is 10. The van der Waals surface area contributed by atoms with Crippen LogP contribution in [-0.2, 0) is 16.4 Å². The molecule has 0 fully saturated rings. The van der Waals surface area contributed by atoms with Gasteiger partial charge in [0.2, 0.25) is 15.8 Å². The number of nitrogens with zero attached hydrogens (tertiary/aromatic N) is 4. The van der Waals surface area contributed by atoms with E-state index in [0.717, 1.165) is 11.1 Å². The lowest BCUT2D eigenvalue weighted by molar-refractivity contribution is 0.348. The second kappa shape index (κ2) is 11.0. The molecule has 0 aliphatic rings. The van der Waals surface area contributed by atoms with Crippen molar-refractivity contribution in [2.24, 2.45) is 0 Å². The van der Waals surface area contributed by atoms with Crippen LogP contribution in [0.5, 0.6) is 23.1 Å². The standard InChI is InChI=1S/C25H25N5O5S/c1-17-10-12-18(13-11-17)14-16-36(31,32)30-24-22(35-21-9-5-4-8-20(21)33-2)25(34-3)28-23(27-24)19-7-6-15-26-29-19/h4-13,15H,14,16H2,1-3H3,(H,27,28,30). The van der Waals surface area contributed by atoms with Crippen LogP contribution in [0.3, 0.4) is 0 Å². The molecule has 11 heteroatoms. The van der Waals surface area contributed by atoms with Gasteiger partial charge in [-0.1, -0.05) is 42.0 Å². The van der Waals surface area contributed by atoms with Gasteiger partial charge in [-0.3, -0.25) is 4.72 Å². The summed E-state index contributed by atoms with van der Waals surface area (Å²) in [5, 5.41) is 7.86. The highest BCUT2D eigenvalue weighted by atomic mass is 32.2. The molecule has 0 aliphatic carbocycles. The van der Waals surface area contributed by atoms with Crippen LogP contribution in [-0.4, -0.2) is 48.6 Å². The number of methoxy groups -OCH3 is 2. The number of hydrogen-bond acceptors (Lipinski definition) is 9. The fourth-order valence-corrected chi connectivity index (χ4v) is 4.32. The topological polar surface area (TPSA) is 125 Å². The third-order valence-electron chi connectivity index (χ3n) is 5.14. The molecule has 0 radical (unpaired) electrons. The van der Waals surface area contributed by atoms with Gasteiger partial charge in [-0.2, -0.15) is 10.1 Å². The van der Waals surface area contributed by atoms with Crippen LogP contribution in [0.15, 0.2) is 66.9 Å². The summed E-state index contributed by atoms with van der Waals surface area (Å²) in [6.07, 6.45) is 1.83. The summed E-state index contributed by atoms with van der Waals surface area (Å²) >= 11 is 0. The Morgan fingerprint density at radius 3 is 2.31 bits per heavy atom. The van der Waals surface area contributed by atoms with Gasteiger partial charge in [0, 0.05) is 6.20 Å². The Morgan fingerprint density at radius 2 is 1.64 bits per heavy atom. The molecule has 0 unspecified atom stereocenters. The number of hydrogen-bond donors (Lipinski definition) is 1. The molecular weight excluding hydrogens is 482 g/mol. The van der Waals surface area contributed by atoms with Crippen molar-refractivity contribution in [1.29, 1.82) is 0 Å². The van der Waals surface area contributed by atoms with E-state index in [0.29, 0.717) is 23.6 Å². The second-order valence-corrected chi connectivity index (χ2v) is 9.59. The summed E-state index contributed by atoms with van der Waals surface area (Å²) in [4.78, 5) is 8.77. The largest absolute Gasteiger partial charge is 0.493 e. The van der Waals surface area contributed by atoms with Crippen molar-refractivity contribution in [3.05, 3.63) is 78.0 Å². The van der Waals surface area contributed by atoms with E-state index < -0.39 is 10.0 Å². The van der Waals surface area contributed by atoms with Gasteiger partial charge in [-0.15, -0.1) is 5.10 Å². The van der Waals surface area contributed by atoms with E-state index >= 15 is 0 Å². The molecule has 2 aromatic carbocycles. The molecule has 0 saturated heterocycles. The predicted molar refractivity (Wildman–Crippen MR) is 135 cm³/mol. The molecule has 0 saturated carbocycles. The second-order valence-electron chi connectivity index (χ2n) is 7.75. The Labute approximate surface area is 209 Å². The minimum Gasteiger partial charge on any atom is -0.493 e. The maximum Gasteiger partial charge on any atom is 0.263 e. The maximum absolute atomic E-state index is 13.1. The molecule has 10 nitrogen and oxygen atoms in total. The van der Waals surface area contributed by atoms with Gasteiger partial charge < -0.3 is 14.2 Å². The van der Waals surface area contributed by atoms with Crippen LogP contribution in [0.1, 0.15) is 11.1 Å². The van der Waals surface area contributed by atoms with Crippen LogP contribution in [0.4, 0.5) is 5.82 Å². The minimum absolute atomic E-state index is 0.00722. The highest BCUT2D eigenvalue weighted by Crippen LogP contribution is 2.40. The SMILES string of the molecule is COc1ccccc1Oc1c(NS(=O)(=O)CCc2ccc(C)cc2)nc(-c2cccnn2)nc1OC. The highest BCUT2D eigenvalue weighted by molar-refractivity contribution is 7.92. The maximum atomic E-state index is 13.1. The van der Waals surface area contributed by atoms with Gasteiger partial charge in [0.15, 0.2) is 23.1 Å². The zero-order valence-corrected chi connectivity index (χ0v) is 20.8. The molecule has 186 valence electrons. The first-order chi connectivity index (χ1) is 17.4. The number of ether oxygens (including phenoxy) is 3.